The quantitative estimate of drug-likeness (QED) is 0.348. The zero-order valence-electron chi connectivity index (χ0n) is 19.3. The molecule has 0 spiro atoms. The molecule has 0 aliphatic rings. The van der Waals surface area contributed by atoms with Gasteiger partial charge in [0, 0.05) is 17.1 Å². The third-order valence-corrected chi connectivity index (χ3v) is 6.45. The lowest BCUT2D eigenvalue weighted by atomic mass is 10.1. The molecule has 178 valence electrons. The van der Waals surface area contributed by atoms with E-state index in [-0.39, 0.29) is 18.5 Å². The summed E-state index contributed by atoms with van der Waals surface area (Å²) in [6.07, 6.45) is 3.44. The molecule has 10 heteroatoms. The first kappa shape index (κ1) is 22.0. The number of halogens is 1. The van der Waals surface area contributed by atoms with Gasteiger partial charge in [-0.1, -0.05) is 47.1 Å². The molecule has 9 nitrogen and oxygen atoms in total. The molecule has 0 aliphatic heterocycles. The molecule has 36 heavy (non-hydrogen) atoms. The monoisotopic (exact) mass is 496 g/mol. The second-order valence-electron chi connectivity index (χ2n) is 8.54. The second kappa shape index (κ2) is 8.94. The minimum atomic E-state index is -0.136. The predicted octanol–water partition coefficient (Wildman–Crippen LogP) is 4.69. The van der Waals surface area contributed by atoms with Crippen LogP contribution in [0.2, 0.25) is 5.02 Å². The third-order valence-electron chi connectivity index (χ3n) is 6.16. The van der Waals surface area contributed by atoms with Crippen molar-refractivity contribution in [1.29, 1.82) is 0 Å². The molecule has 1 unspecified atom stereocenters. The lowest BCUT2D eigenvalue weighted by molar-refractivity contribution is -0.122. The summed E-state index contributed by atoms with van der Waals surface area (Å²) < 4.78 is 3.40. The molecule has 2 N–H and O–H groups in total. The first-order valence-corrected chi connectivity index (χ1v) is 11.8. The van der Waals surface area contributed by atoms with Crippen molar-refractivity contribution in [2.45, 2.75) is 19.5 Å². The Balaban J connectivity index is 1.31. The number of amides is 1. The van der Waals surface area contributed by atoms with E-state index >= 15 is 0 Å². The van der Waals surface area contributed by atoms with Crippen LogP contribution >= 0.6 is 11.6 Å². The Morgan fingerprint density at radius 3 is 2.83 bits per heavy atom. The standard InChI is InChI=1S/C26H21ClN8O/c1-16(17-5-3-2-4-6-17)30-25(36)15-34-23(9-10-29-34)19-11-21(27)26-24(12-19)35(33-32-26)20-8-7-18-14-28-31-22(18)13-20/h2-14,16H,15H2,1H3,(H,28,31)(H,30,36). The Morgan fingerprint density at radius 2 is 1.97 bits per heavy atom. The summed E-state index contributed by atoms with van der Waals surface area (Å²) in [4.78, 5) is 12.8. The van der Waals surface area contributed by atoms with Gasteiger partial charge in [-0.25, -0.2) is 4.68 Å². The number of fused-ring (bicyclic) bond motifs is 2. The minimum absolute atomic E-state index is 0.0726. The average Bonchev–Trinajstić information content (AvgIpc) is 3.63. The van der Waals surface area contributed by atoms with Gasteiger partial charge in [-0.15, -0.1) is 5.10 Å². The van der Waals surface area contributed by atoms with Crippen LogP contribution in [0.15, 0.2) is 79.1 Å². The van der Waals surface area contributed by atoms with E-state index < -0.39 is 0 Å². The van der Waals surface area contributed by atoms with Crippen molar-refractivity contribution in [3.8, 4) is 16.9 Å². The predicted molar refractivity (Wildman–Crippen MR) is 138 cm³/mol. The van der Waals surface area contributed by atoms with E-state index in [0.29, 0.717) is 10.5 Å². The molecular weight excluding hydrogens is 476 g/mol. The van der Waals surface area contributed by atoms with Gasteiger partial charge >= 0.3 is 0 Å². The molecule has 0 aliphatic carbocycles. The first-order valence-electron chi connectivity index (χ1n) is 11.4. The van der Waals surface area contributed by atoms with Crippen LogP contribution in [0.5, 0.6) is 0 Å². The van der Waals surface area contributed by atoms with Crippen molar-refractivity contribution in [3.63, 3.8) is 0 Å². The summed E-state index contributed by atoms with van der Waals surface area (Å²) in [5, 5.41) is 24.6. The number of H-pyrrole nitrogens is 1. The van der Waals surface area contributed by atoms with E-state index in [2.05, 4.69) is 30.9 Å². The Morgan fingerprint density at radius 1 is 1.11 bits per heavy atom. The van der Waals surface area contributed by atoms with Gasteiger partial charge in [0.15, 0.2) is 0 Å². The van der Waals surface area contributed by atoms with E-state index in [1.54, 1.807) is 21.8 Å². The van der Waals surface area contributed by atoms with Gasteiger partial charge in [0.2, 0.25) is 5.91 Å². The van der Waals surface area contributed by atoms with Crippen LogP contribution < -0.4 is 5.32 Å². The summed E-state index contributed by atoms with van der Waals surface area (Å²) in [6.45, 7) is 2.03. The van der Waals surface area contributed by atoms with Gasteiger partial charge in [-0.2, -0.15) is 10.2 Å². The fourth-order valence-electron chi connectivity index (χ4n) is 4.33. The smallest absolute Gasteiger partial charge is 0.242 e. The zero-order chi connectivity index (χ0) is 24.6. The number of aromatic amines is 1. The first-order chi connectivity index (χ1) is 17.6. The number of aromatic nitrogens is 7. The van der Waals surface area contributed by atoms with Gasteiger partial charge in [-0.05, 0) is 48.9 Å². The van der Waals surface area contributed by atoms with Crippen molar-refractivity contribution in [1.82, 2.24) is 40.3 Å². The summed E-state index contributed by atoms with van der Waals surface area (Å²) >= 11 is 6.61. The van der Waals surface area contributed by atoms with Crippen molar-refractivity contribution in [2.75, 3.05) is 0 Å². The molecule has 0 bridgehead atoms. The Hall–Kier alpha value is -4.50. The van der Waals surface area contributed by atoms with Gasteiger partial charge in [0.1, 0.15) is 12.1 Å². The summed E-state index contributed by atoms with van der Waals surface area (Å²) in [6, 6.07) is 21.2. The van der Waals surface area contributed by atoms with Crippen molar-refractivity contribution < 1.29 is 4.79 Å². The molecule has 6 rings (SSSR count). The van der Waals surface area contributed by atoms with Crippen LogP contribution in [-0.2, 0) is 11.3 Å². The normalized spacial score (nSPS) is 12.3. The number of benzene rings is 3. The summed E-state index contributed by atoms with van der Waals surface area (Å²) in [7, 11) is 0. The Bertz CT molecular complexity index is 1700. The topological polar surface area (TPSA) is 106 Å². The Labute approximate surface area is 210 Å². The molecule has 0 saturated heterocycles. The zero-order valence-corrected chi connectivity index (χ0v) is 20.0. The number of rotatable bonds is 6. The maximum Gasteiger partial charge on any atom is 0.242 e. The third kappa shape index (κ3) is 3.99. The molecule has 0 fully saturated rings. The van der Waals surface area contributed by atoms with Gasteiger partial charge in [0.25, 0.3) is 0 Å². The molecule has 3 aromatic carbocycles. The highest BCUT2D eigenvalue weighted by molar-refractivity contribution is 6.35. The maximum atomic E-state index is 12.8. The van der Waals surface area contributed by atoms with Crippen molar-refractivity contribution in [3.05, 3.63) is 89.7 Å². The molecule has 1 amide bonds. The highest BCUT2D eigenvalue weighted by Gasteiger charge is 2.17. The second-order valence-corrected chi connectivity index (χ2v) is 8.95. The van der Waals surface area contributed by atoms with Crippen LogP contribution in [0.25, 0.3) is 38.9 Å². The fraction of sp³-hybridized carbons (Fsp3) is 0.115. The highest BCUT2D eigenvalue weighted by Crippen LogP contribution is 2.31. The highest BCUT2D eigenvalue weighted by atomic mass is 35.5. The largest absolute Gasteiger partial charge is 0.348 e. The van der Waals surface area contributed by atoms with Crippen LogP contribution in [0.3, 0.4) is 0 Å². The minimum Gasteiger partial charge on any atom is -0.348 e. The van der Waals surface area contributed by atoms with E-state index in [1.807, 2.05) is 73.7 Å². The molecule has 1 atom stereocenters. The number of hydrogen-bond donors (Lipinski definition) is 2. The number of nitrogens with one attached hydrogen (secondary N) is 2. The molecule has 0 saturated carbocycles. The van der Waals surface area contributed by atoms with Crippen LogP contribution in [0.1, 0.15) is 18.5 Å². The maximum absolute atomic E-state index is 12.8. The molecule has 0 radical (unpaired) electrons. The van der Waals surface area contributed by atoms with Crippen LogP contribution in [0.4, 0.5) is 0 Å². The van der Waals surface area contributed by atoms with Crippen molar-refractivity contribution >= 4 is 39.4 Å². The van der Waals surface area contributed by atoms with E-state index in [9.17, 15) is 4.79 Å². The number of nitrogens with zero attached hydrogens (tertiary/aromatic N) is 6. The summed E-state index contributed by atoms with van der Waals surface area (Å²) in [5.74, 6) is -0.136. The van der Waals surface area contributed by atoms with E-state index in [1.165, 1.54) is 0 Å². The lowest BCUT2D eigenvalue weighted by Gasteiger charge is -2.15. The molecule has 6 aromatic rings. The molecule has 3 aromatic heterocycles. The summed E-state index contributed by atoms with van der Waals surface area (Å²) in [5.41, 5.74) is 5.66. The fourth-order valence-corrected chi connectivity index (χ4v) is 4.58. The SMILES string of the molecule is CC(NC(=O)Cn1nccc1-c1cc(Cl)c2nnn(-c3ccc4cn[nH]c4c3)c2c1)c1ccccc1. The number of hydrogen-bond acceptors (Lipinski definition) is 5. The Kier molecular flexibility index (Phi) is 5.46. The molecule has 3 heterocycles. The van der Waals surface area contributed by atoms with Gasteiger partial charge in [0.05, 0.1) is 39.7 Å². The lowest BCUT2D eigenvalue weighted by Crippen LogP contribution is -2.30. The number of carbonyl (C=O) groups is 1. The molecular formula is C26H21ClN8O. The van der Waals surface area contributed by atoms with Crippen molar-refractivity contribution in [2.24, 2.45) is 0 Å². The van der Waals surface area contributed by atoms with Gasteiger partial charge in [-0.3, -0.25) is 14.6 Å². The van der Waals surface area contributed by atoms with E-state index in [4.69, 9.17) is 11.6 Å². The number of carbonyl (C=O) groups excluding carboxylic acids is 1. The van der Waals surface area contributed by atoms with Crippen LogP contribution in [-0.4, -0.2) is 40.9 Å². The average molecular weight is 497 g/mol. The van der Waals surface area contributed by atoms with E-state index in [0.717, 1.165) is 38.9 Å². The van der Waals surface area contributed by atoms with Crippen LogP contribution in [0, 0.1) is 0 Å². The van der Waals surface area contributed by atoms with Gasteiger partial charge < -0.3 is 5.32 Å².